The molecule has 0 heterocycles. The standard InChI is InChI=1S/C67H86F2O8/c1-4-6-8-10-12-14-16-18-20-22-24-26-28-30-33-52-37-41-54(42-38-52)64(70)74-56-45-47-58(60(68)49-56)66(72)76-62-35-32-36-63(51(62)3)77-67(73)59-48-46-57(50-61(59)69)75-65(71)55-43-39-53(40-44-55)34-31-29-27-25-23-21-19-17-15-13-11-9-7-5-2/h32,35-50H,4-31,33-34H2,1-3H3. The molecule has 77 heavy (non-hydrogen) atoms. The minimum atomic E-state index is -1.05. The summed E-state index contributed by atoms with van der Waals surface area (Å²) in [5, 5.41) is 0. The number of halogens is 2. The highest BCUT2D eigenvalue weighted by Gasteiger charge is 2.22. The zero-order chi connectivity index (χ0) is 54.9. The van der Waals surface area contributed by atoms with Crippen LogP contribution in [-0.2, 0) is 12.8 Å². The molecule has 0 bridgehead atoms. The van der Waals surface area contributed by atoms with E-state index >= 15 is 8.78 Å². The van der Waals surface area contributed by atoms with Gasteiger partial charge in [0.25, 0.3) is 0 Å². The molecule has 0 aromatic heterocycles. The van der Waals surface area contributed by atoms with Crippen molar-refractivity contribution in [1.29, 1.82) is 0 Å². The first-order chi connectivity index (χ1) is 37.6. The molecule has 0 radical (unpaired) electrons. The van der Waals surface area contributed by atoms with Crippen LogP contribution in [0, 0.1) is 18.6 Å². The quantitative estimate of drug-likeness (QED) is 0.0219. The molecule has 0 atom stereocenters. The predicted octanol–water partition coefficient (Wildman–Crippen LogP) is 19.2. The second-order valence-electron chi connectivity index (χ2n) is 20.8. The Morgan fingerprint density at radius 3 is 0.948 bits per heavy atom. The Labute approximate surface area is 459 Å². The fourth-order valence-electron chi connectivity index (χ4n) is 9.57. The van der Waals surface area contributed by atoms with Crippen molar-refractivity contribution in [2.75, 3.05) is 0 Å². The van der Waals surface area contributed by atoms with E-state index in [1.54, 1.807) is 24.3 Å². The van der Waals surface area contributed by atoms with E-state index in [-0.39, 0.29) is 28.6 Å². The molecule has 5 aromatic rings. The highest BCUT2D eigenvalue weighted by molar-refractivity contribution is 5.94. The van der Waals surface area contributed by atoms with Crippen LogP contribution in [0.5, 0.6) is 23.0 Å². The number of ether oxygens (including phenoxy) is 4. The topological polar surface area (TPSA) is 105 Å². The lowest BCUT2D eigenvalue weighted by atomic mass is 10.0. The Morgan fingerprint density at radius 1 is 0.351 bits per heavy atom. The smallest absolute Gasteiger partial charge is 0.346 e. The molecule has 10 heteroatoms. The molecule has 5 aromatic carbocycles. The lowest BCUT2D eigenvalue weighted by Crippen LogP contribution is -2.14. The van der Waals surface area contributed by atoms with Crippen molar-refractivity contribution in [2.45, 2.75) is 213 Å². The first kappa shape index (κ1) is 61.7. The Hall–Kier alpha value is -6.16. The lowest BCUT2D eigenvalue weighted by molar-refractivity contribution is 0.0719. The van der Waals surface area contributed by atoms with E-state index in [1.165, 1.54) is 204 Å². The van der Waals surface area contributed by atoms with Crippen LogP contribution in [0.2, 0.25) is 0 Å². The number of unbranched alkanes of at least 4 members (excludes halogenated alkanes) is 26. The van der Waals surface area contributed by atoms with E-state index in [2.05, 4.69) is 13.8 Å². The SMILES string of the molecule is CCCCCCCCCCCCCCCCc1ccc(C(=O)Oc2ccc(C(=O)Oc3cccc(OC(=O)c4ccc(OC(=O)c5ccc(CCCCCCCCCCCCCCCC)cc5)cc4F)c3C)c(F)c2)cc1. The molecule has 0 aliphatic rings. The normalized spacial score (nSPS) is 11.1. The third-order valence-electron chi connectivity index (χ3n) is 14.4. The summed E-state index contributed by atoms with van der Waals surface area (Å²) >= 11 is 0. The van der Waals surface area contributed by atoms with E-state index in [0.29, 0.717) is 11.1 Å². The second kappa shape index (κ2) is 36.0. The average molecular weight is 1060 g/mol. The van der Waals surface area contributed by atoms with Crippen LogP contribution in [0.25, 0.3) is 0 Å². The highest BCUT2D eigenvalue weighted by Crippen LogP contribution is 2.31. The molecule has 0 amide bonds. The number of hydrogen-bond donors (Lipinski definition) is 0. The number of benzene rings is 5. The van der Waals surface area contributed by atoms with Gasteiger partial charge in [0.1, 0.15) is 34.6 Å². The summed E-state index contributed by atoms with van der Waals surface area (Å²) in [5.41, 5.74) is 2.27. The molecule has 0 unspecified atom stereocenters. The van der Waals surface area contributed by atoms with Gasteiger partial charge < -0.3 is 18.9 Å². The Kier molecular flexibility index (Phi) is 28.9. The van der Waals surface area contributed by atoms with Crippen molar-refractivity contribution >= 4 is 23.9 Å². The van der Waals surface area contributed by atoms with Crippen LogP contribution >= 0.6 is 0 Å². The van der Waals surface area contributed by atoms with E-state index in [0.717, 1.165) is 61.1 Å². The van der Waals surface area contributed by atoms with E-state index in [9.17, 15) is 19.2 Å². The molecular weight excluding hydrogens is 971 g/mol. The van der Waals surface area contributed by atoms with Gasteiger partial charge in [-0.25, -0.2) is 28.0 Å². The number of rotatable bonds is 38. The summed E-state index contributed by atoms with van der Waals surface area (Å²) in [4.78, 5) is 52.2. The van der Waals surface area contributed by atoms with Crippen molar-refractivity contribution < 1.29 is 46.9 Å². The number of esters is 4. The van der Waals surface area contributed by atoms with Gasteiger partial charge in [-0.15, -0.1) is 0 Å². The molecule has 0 fully saturated rings. The van der Waals surface area contributed by atoms with Crippen LogP contribution in [0.3, 0.4) is 0 Å². The van der Waals surface area contributed by atoms with Crippen molar-refractivity contribution in [3.05, 3.63) is 154 Å². The number of aryl methyl sites for hydroxylation is 2. The van der Waals surface area contributed by atoms with Gasteiger partial charge in [0.15, 0.2) is 0 Å². The number of carbonyl (C=O) groups excluding carboxylic acids is 4. The summed E-state index contributed by atoms with van der Waals surface area (Å²) in [5.74, 6) is -5.61. The predicted molar refractivity (Wildman–Crippen MR) is 305 cm³/mol. The van der Waals surface area contributed by atoms with E-state index < -0.39 is 46.6 Å². The van der Waals surface area contributed by atoms with Crippen molar-refractivity contribution in [2.24, 2.45) is 0 Å². The molecule has 0 saturated heterocycles. The van der Waals surface area contributed by atoms with Crippen LogP contribution in [-0.4, -0.2) is 23.9 Å². The van der Waals surface area contributed by atoms with E-state index in [4.69, 9.17) is 18.9 Å². The fraction of sp³-hybridized carbons (Fsp3) is 0.493. The van der Waals surface area contributed by atoms with E-state index in [1.807, 2.05) is 24.3 Å². The van der Waals surface area contributed by atoms with Crippen molar-refractivity contribution in [3.8, 4) is 23.0 Å². The van der Waals surface area contributed by atoms with Crippen LogP contribution in [0.4, 0.5) is 8.78 Å². The molecule has 0 aliphatic heterocycles. The van der Waals surface area contributed by atoms with Crippen molar-refractivity contribution in [3.63, 3.8) is 0 Å². The zero-order valence-electron chi connectivity index (χ0n) is 46.6. The first-order valence-electron chi connectivity index (χ1n) is 29.3. The Morgan fingerprint density at radius 2 is 0.649 bits per heavy atom. The van der Waals surface area contributed by atoms with Gasteiger partial charge in [0.2, 0.25) is 0 Å². The minimum Gasteiger partial charge on any atom is -0.423 e. The van der Waals surface area contributed by atoms with Crippen LogP contribution < -0.4 is 18.9 Å². The molecule has 0 aliphatic carbocycles. The van der Waals surface area contributed by atoms with Crippen LogP contribution in [0.15, 0.2) is 103 Å². The van der Waals surface area contributed by atoms with Crippen molar-refractivity contribution in [1.82, 2.24) is 0 Å². The van der Waals surface area contributed by atoms with Gasteiger partial charge in [0.05, 0.1) is 22.3 Å². The van der Waals surface area contributed by atoms with Crippen LogP contribution in [0.1, 0.15) is 252 Å². The maximum Gasteiger partial charge on any atom is 0.346 e. The summed E-state index contributed by atoms with van der Waals surface area (Å²) in [6.45, 7) is 6.03. The number of carbonyl (C=O) groups is 4. The highest BCUT2D eigenvalue weighted by atomic mass is 19.1. The Bertz CT molecular complexity index is 2360. The summed E-state index contributed by atoms with van der Waals surface area (Å²) < 4.78 is 52.5. The largest absolute Gasteiger partial charge is 0.423 e. The Balaban J connectivity index is 0.988. The molecule has 416 valence electrons. The van der Waals surface area contributed by atoms with Gasteiger partial charge in [-0.1, -0.05) is 211 Å². The summed E-state index contributed by atoms with van der Waals surface area (Å²) in [6.07, 6.45) is 38.5. The first-order valence-corrected chi connectivity index (χ1v) is 29.3. The maximum absolute atomic E-state index is 15.3. The fourth-order valence-corrected chi connectivity index (χ4v) is 9.57. The monoisotopic (exact) mass is 1060 g/mol. The molecule has 0 spiro atoms. The average Bonchev–Trinajstić information content (AvgIpc) is 3.42. The third kappa shape index (κ3) is 23.1. The second-order valence-corrected chi connectivity index (χ2v) is 20.8. The molecule has 8 nitrogen and oxygen atoms in total. The number of hydrogen-bond acceptors (Lipinski definition) is 8. The van der Waals surface area contributed by atoms with Gasteiger partial charge in [0, 0.05) is 17.7 Å². The van der Waals surface area contributed by atoms with Gasteiger partial charge in [-0.3, -0.25) is 0 Å². The maximum atomic E-state index is 15.3. The van der Waals surface area contributed by atoms with Gasteiger partial charge in [-0.2, -0.15) is 0 Å². The van der Waals surface area contributed by atoms with Gasteiger partial charge in [-0.05, 0) is 104 Å². The summed E-state index contributed by atoms with van der Waals surface area (Å²) in [6, 6.07) is 25.5. The lowest BCUT2D eigenvalue weighted by Gasteiger charge is -2.13. The zero-order valence-corrected chi connectivity index (χ0v) is 46.6. The minimum absolute atomic E-state index is 0.0337. The van der Waals surface area contributed by atoms with Gasteiger partial charge >= 0.3 is 23.9 Å². The molecule has 0 saturated carbocycles. The molecule has 0 N–H and O–H groups in total. The molecule has 5 rings (SSSR count). The third-order valence-corrected chi connectivity index (χ3v) is 14.4. The molecular formula is C67H86F2O8. The summed E-state index contributed by atoms with van der Waals surface area (Å²) in [7, 11) is 0.